The van der Waals surface area contributed by atoms with Crippen molar-refractivity contribution < 1.29 is 14.3 Å². The Balaban J connectivity index is 1.89. The molecular weight excluding hydrogens is 266 g/mol. The molecule has 1 aliphatic heterocycles. The lowest BCUT2D eigenvalue weighted by molar-refractivity contribution is -0.122. The third-order valence-electron chi connectivity index (χ3n) is 4.28. The van der Waals surface area contributed by atoms with Crippen LogP contribution in [0.25, 0.3) is 0 Å². The van der Waals surface area contributed by atoms with E-state index in [1.54, 1.807) is 24.3 Å². The number of hydrogen-bond donors (Lipinski definition) is 0. The molecule has 2 aliphatic rings. The number of allylic oxidation sites excluding steroid dienone is 2. The van der Waals surface area contributed by atoms with Crippen LogP contribution >= 0.6 is 0 Å². The third-order valence-corrected chi connectivity index (χ3v) is 4.28. The number of rotatable bonds is 3. The Labute approximate surface area is 124 Å². The Hall–Kier alpha value is -2.10. The molecule has 0 N–H and O–H groups in total. The summed E-state index contributed by atoms with van der Waals surface area (Å²) in [6.07, 6.45) is 4.71. The maximum absolute atomic E-state index is 12.6. The van der Waals surface area contributed by atoms with E-state index in [0.29, 0.717) is 18.7 Å². The maximum Gasteiger partial charge on any atom is 0.238 e. The zero-order valence-corrected chi connectivity index (χ0v) is 12.3. The molecule has 4 heteroatoms. The molecule has 110 valence electrons. The maximum atomic E-state index is 12.6. The van der Waals surface area contributed by atoms with Crippen LogP contribution in [0.4, 0.5) is 5.69 Å². The van der Waals surface area contributed by atoms with Gasteiger partial charge in [0, 0.05) is 0 Å². The number of carbonyl (C=O) groups is 2. The fourth-order valence-corrected chi connectivity index (χ4v) is 3.26. The molecule has 3 atom stereocenters. The van der Waals surface area contributed by atoms with Gasteiger partial charge in [-0.05, 0) is 43.5 Å². The minimum absolute atomic E-state index is 0.0778. The third kappa shape index (κ3) is 2.24. The van der Waals surface area contributed by atoms with E-state index in [0.717, 1.165) is 5.75 Å². The summed E-state index contributed by atoms with van der Waals surface area (Å²) in [5, 5.41) is 0. The number of imide groups is 1. The van der Waals surface area contributed by atoms with Crippen LogP contribution < -0.4 is 9.64 Å². The van der Waals surface area contributed by atoms with Gasteiger partial charge in [-0.2, -0.15) is 0 Å². The van der Waals surface area contributed by atoms with E-state index in [9.17, 15) is 9.59 Å². The number of amides is 2. The summed E-state index contributed by atoms with van der Waals surface area (Å²) < 4.78 is 5.39. The molecule has 1 saturated heterocycles. The van der Waals surface area contributed by atoms with E-state index >= 15 is 0 Å². The van der Waals surface area contributed by atoms with Crippen LogP contribution in [0.15, 0.2) is 36.4 Å². The summed E-state index contributed by atoms with van der Waals surface area (Å²) in [6.45, 7) is 4.51. The molecule has 1 aromatic carbocycles. The normalized spacial score (nSPS) is 27.9. The zero-order valence-electron chi connectivity index (χ0n) is 12.3. The van der Waals surface area contributed by atoms with Crippen LogP contribution in [-0.4, -0.2) is 18.4 Å². The summed E-state index contributed by atoms with van der Waals surface area (Å²) in [5.74, 6) is 0.287. The number of fused-ring (bicyclic) bond motifs is 1. The average Bonchev–Trinajstić information content (AvgIpc) is 2.74. The minimum Gasteiger partial charge on any atom is -0.494 e. The van der Waals surface area contributed by atoms with Crippen molar-refractivity contribution in [1.29, 1.82) is 0 Å². The Morgan fingerprint density at radius 2 is 1.90 bits per heavy atom. The molecule has 1 aliphatic carbocycles. The first-order chi connectivity index (χ1) is 10.1. The van der Waals surface area contributed by atoms with Gasteiger partial charge in [0.1, 0.15) is 5.75 Å². The first-order valence-electron chi connectivity index (χ1n) is 7.40. The number of benzene rings is 1. The molecule has 2 amide bonds. The smallest absolute Gasteiger partial charge is 0.238 e. The highest BCUT2D eigenvalue weighted by Crippen LogP contribution is 2.40. The van der Waals surface area contributed by atoms with Crippen LogP contribution in [0.2, 0.25) is 0 Å². The van der Waals surface area contributed by atoms with Crippen molar-refractivity contribution in [1.82, 2.24) is 0 Å². The van der Waals surface area contributed by atoms with Crippen molar-refractivity contribution in [2.45, 2.75) is 20.3 Å². The number of anilines is 1. The summed E-state index contributed by atoms with van der Waals surface area (Å²) in [6, 6.07) is 7.14. The van der Waals surface area contributed by atoms with Crippen LogP contribution in [-0.2, 0) is 9.59 Å². The monoisotopic (exact) mass is 285 g/mol. The average molecular weight is 285 g/mol. The largest absolute Gasteiger partial charge is 0.494 e. The fraction of sp³-hybridized carbons (Fsp3) is 0.412. The van der Waals surface area contributed by atoms with Crippen LogP contribution in [0, 0.1) is 17.8 Å². The molecule has 21 heavy (non-hydrogen) atoms. The van der Waals surface area contributed by atoms with Crippen molar-refractivity contribution in [2.24, 2.45) is 17.8 Å². The van der Waals surface area contributed by atoms with Gasteiger partial charge in [-0.1, -0.05) is 19.1 Å². The Morgan fingerprint density at radius 1 is 1.19 bits per heavy atom. The van der Waals surface area contributed by atoms with Gasteiger partial charge in [0.25, 0.3) is 0 Å². The quantitative estimate of drug-likeness (QED) is 0.633. The summed E-state index contributed by atoms with van der Waals surface area (Å²) in [7, 11) is 0. The van der Waals surface area contributed by atoms with E-state index in [2.05, 4.69) is 0 Å². The predicted molar refractivity (Wildman–Crippen MR) is 80.0 cm³/mol. The first kappa shape index (κ1) is 13.9. The SMILES string of the molecule is CCOc1ccc(N2C(=O)[C@@H]3[C@@H](C)C=CC[C@H]3C2=O)cc1. The van der Waals surface area contributed by atoms with Crippen LogP contribution in [0.1, 0.15) is 20.3 Å². The second-order valence-electron chi connectivity index (χ2n) is 5.59. The van der Waals surface area contributed by atoms with Crippen molar-refractivity contribution in [2.75, 3.05) is 11.5 Å². The molecule has 0 bridgehead atoms. The zero-order chi connectivity index (χ0) is 15.0. The van der Waals surface area contributed by atoms with Gasteiger partial charge in [-0.3, -0.25) is 14.5 Å². The highest BCUT2D eigenvalue weighted by molar-refractivity contribution is 6.22. The fourth-order valence-electron chi connectivity index (χ4n) is 3.26. The molecule has 4 nitrogen and oxygen atoms in total. The topological polar surface area (TPSA) is 46.6 Å². The molecule has 0 radical (unpaired) electrons. The van der Waals surface area contributed by atoms with E-state index in [1.807, 2.05) is 26.0 Å². The number of hydrogen-bond acceptors (Lipinski definition) is 3. The molecule has 1 aromatic rings. The Bertz CT molecular complexity index is 591. The molecule has 0 saturated carbocycles. The van der Waals surface area contributed by atoms with Gasteiger partial charge in [0.2, 0.25) is 11.8 Å². The summed E-state index contributed by atoms with van der Waals surface area (Å²) >= 11 is 0. The Kier molecular flexibility index (Phi) is 3.53. The lowest BCUT2D eigenvalue weighted by Crippen LogP contribution is -2.31. The number of ether oxygens (including phenoxy) is 1. The van der Waals surface area contributed by atoms with Gasteiger partial charge < -0.3 is 4.74 Å². The van der Waals surface area contributed by atoms with E-state index in [-0.39, 0.29) is 29.6 Å². The predicted octanol–water partition coefficient (Wildman–Crippen LogP) is 2.79. The summed E-state index contributed by atoms with van der Waals surface area (Å²) in [5.41, 5.74) is 0.634. The highest BCUT2D eigenvalue weighted by Gasteiger charge is 2.50. The van der Waals surface area contributed by atoms with Crippen molar-refractivity contribution in [3.05, 3.63) is 36.4 Å². The molecular formula is C17H19NO3. The van der Waals surface area contributed by atoms with Crippen molar-refractivity contribution in [3.63, 3.8) is 0 Å². The van der Waals surface area contributed by atoms with Gasteiger partial charge in [0.05, 0.1) is 24.1 Å². The number of nitrogens with zero attached hydrogens (tertiary/aromatic N) is 1. The van der Waals surface area contributed by atoms with Gasteiger partial charge >= 0.3 is 0 Å². The van der Waals surface area contributed by atoms with Gasteiger partial charge in [0.15, 0.2) is 0 Å². The van der Waals surface area contributed by atoms with E-state index in [4.69, 9.17) is 4.74 Å². The molecule has 0 unspecified atom stereocenters. The second-order valence-corrected chi connectivity index (χ2v) is 5.59. The molecule has 0 spiro atoms. The lowest BCUT2D eigenvalue weighted by atomic mass is 9.78. The second kappa shape index (κ2) is 5.35. The molecule has 1 fully saturated rings. The molecule has 1 heterocycles. The van der Waals surface area contributed by atoms with Crippen LogP contribution in [0.5, 0.6) is 5.75 Å². The van der Waals surface area contributed by atoms with Gasteiger partial charge in [-0.15, -0.1) is 0 Å². The molecule has 0 aromatic heterocycles. The van der Waals surface area contributed by atoms with Gasteiger partial charge in [-0.25, -0.2) is 0 Å². The van der Waals surface area contributed by atoms with E-state index < -0.39 is 0 Å². The molecule has 3 rings (SSSR count). The van der Waals surface area contributed by atoms with Crippen LogP contribution in [0.3, 0.4) is 0 Å². The van der Waals surface area contributed by atoms with E-state index in [1.165, 1.54) is 4.90 Å². The van der Waals surface area contributed by atoms with Crippen molar-refractivity contribution in [3.8, 4) is 5.75 Å². The standard InChI is InChI=1S/C17H19NO3/c1-3-21-13-9-7-12(8-10-13)18-16(19)14-6-4-5-11(2)15(14)17(18)20/h4-5,7-11,14-15H,3,6H2,1-2H3/t11-,14+,15+/m0/s1. The highest BCUT2D eigenvalue weighted by atomic mass is 16.5. The first-order valence-corrected chi connectivity index (χ1v) is 7.40. The Morgan fingerprint density at radius 3 is 2.52 bits per heavy atom. The minimum atomic E-state index is -0.214. The van der Waals surface area contributed by atoms with Crippen molar-refractivity contribution >= 4 is 17.5 Å². The summed E-state index contributed by atoms with van der Waals surface area (Å²) in [4.78, 5) is 26.5. The lowest BCUT2D eigenvalue weighted by Gasteiger charge is -2.22. The number of carbonyl (C=O) groups excluding carboxylic acids is 2.